The van der Waals surface area contributed by atoms with E-state index in [4.69, 9.17) is 4.74 Å². The molecule has 0 bridgehead atoms. The van der Waals surface area contributed by atoms with Crippen molar-refractivity contribution in [2.24, 2.45) is 5.92 Å². The Morgan fingerprint density at radius 3 is 2.33 bits per heavy atom. The molecular weight excluding hydrogens is 342 g/mol. The number of ether oxygens (including phenoxy) is 1. The van der Waals surface area contributed by atoms with Crippen molar-refractivity contribution in [3.63, 3.8) is 0 Å². The molecule has 1 atom stereocenters. The quantitative estimate of drug-likeness (QED) is 0.863. The van der Waals surface area contributed by atoms with Gasteiger partial charge in [0.15, 0.2) is 0 Å². The van der Waals surface area contributed by atoms with Gasteiger partial charge in [0, 0.05) is 38.1 Å². The van der Waals surface area contributed by atoms with Crippen LogP contribution in [-0.4, -0.2) is 67.2 Å². The van der Waals surface area contributed by atoms with Crippen molar-refractivity contribution in [2.75, 3.05) is 39.4 Å². The van der Waals surface area contributed by atoms with Crippen molar-refractivity contribution in [1.29, 1.82) is 0 Å². The molecule has 3 aliphatic rings. The van der Waals surface area contributed by atoms with E-state index in [2.05, 4.69) is 29.6 Å². The van der Waals surface area contributed by atoms with Gasteiger partial charge in [0.25, 0.3) is 0 Å². The number of fused-ring (bicyclic) bond motifs is 1. The number of likely N-dealkylation sites (tertiary alicyclic amines) is 1. The number of rotatable bonds is 2. The molecule has 0 spiro atoms. The molecule has 0 unspecified atom stereocenters. The van der Waals surface area contributed by atoms with Crippen LogP contribution in [0.15, 0.2) is 24.3 Å². The van der Waals surface area contributed by atoms with Gasteiger partial charge < -0.3 is 19.9 Å². The van der Waals surface area contributed by atoms with E-state index in [9.17, 15) is 9.59 Å². The molecule has 27 heavy (non-hydrogen) atoms. The Labute approximate surface area is 160 Å². The van der Waals surface area contributed by atoms with Crippen LogP contribution in [0.3, 0.4) is 0 Å². The van der Waals surface area contributed by atoms with Crippen LogP contribution < -0.4 is 5.32 Å². The number of nitrogens with zero attached hydrogens (tertiary/aromatic N) is 2. The summed E-state index contributed by atoms with van der Waals surface area (Å²) in [5.41, 5.74) is 2.70. The lowest BCUT2D eigenvalue weighted by Gasteiger charge is -2.37. The molecule has 2 heterocycles. The highest BCUT2D eigenvalue weighted by atomic mass is 16.5. The summed E-state index contributed by atoms with van der Waals surface area (Å²) in [5.74, 6) is 0.260. The first-order chi connectivity index (χ1) is 13.2. The predicted octanol–water partition coefficient (Wildman–Crippen LogP) is 1.82. The lowest BCUT2D eigenvalue weighted by Crippen LogP contribution is -2.53. The molecule has 1 N–H and O–H groups in total. The third-order valence-corrected chi connectivity index (χ3v) is 6.11. The van der Waals surface area contributed by atoms with E-state index in [0.717, 1.165) is 32.1 Å². The van der Waals surface area contributed by atoms with Crippen LogP contribution in [0, 0.1) is 5.92 Å². The normalized spacial score (nSPS) is 23.6. The Kier molecular flexibility index (Phi) is 5.62. The van der Waals surface area contributed by atoms with Crippen molar-refractivity contribution in [3.8, 4) is 0 Å². The van der Waals surface area contributed by atoms with Crippen molar-refractivity contribution < 1.29 is 14.3 Å². The number of morpholine rings is 1. The summed E-state index contributed by atoms with van der Waals surface area (Å²) in [7, 11) is 0. The first kappa shape index (κ1) is 18.3. The highest BCUT2D eigenvalue weighted by Crippen LogP contribution is 2.26. The van der Waals surface area contributed by atoms with E-state index in [1.165, 1.54) is 11.1 Å². The molecule has 1 aromatic carbocycles. The minimum atomic E-state index is 0.0768. The molecule has 2 saturated heterocycles. The van der Waals surface area contributed by atoms with Crippen LogP contribution in [0.5, 0.6) is 0 Å². The van der Waals surface area contributed by atoms with Gasteiger partial charge in [-0.25, -0.2) is 4.79 Å². The first-order valence-corrected chi connectivity index (χ1v) is 10.2. The Bertz CT molecular complexity index is 679. The molecule has 1 aromatic rings. The zero-order valence-electron chi connectivity index (χ0n) is 15.9. The van der Waals surface area contributed by atoms with Gasteiger partial charge in [0.05, 0.1) is 13.2 Å². The van der Waals surface area contributed by atoms with Crippen molar-refractivity contribution in [1.82, 2.24) is 15.1 Å². The van der Waals surface area contributed by atoms with E-state index < -0.39 is 0 Å². The van der Waals surface area contributed by atoms with E-state index in [1.807, 2.05) is 9.80 Å². The lowest BCUT2D eigenvalue weighted by molar-refractivity contribution is -0.126. The molecule has 6 heteroatoms. The molecule has 4 rings (SSSR count). The minimum absolute atomic E-state index is 0.0768. The lowest BCUT2D eigenvalue weighted by atomic mass is 9.83. The molecule has 1 aliphatic carbocycles. The summed E-state index contributed by atoms with van der Waals surface area (Å²) in [6.07, 6.45) is 4.44. The average molecular weight is 371 g/mol. The van der Waals surface area contributed by atoms with Crippen LogP contribution in [-0.2, 0) is 22.4 Å². The molecule has 0 aromatic heterocycles. The summed E-state index contributed by atoms with van der Waals surface area (Å²) in [4.78, 5) is 29.1. The largest absolute Gasteiger partial charge is 0.378 e. The van der Waals surface area contributed by atoms with Gasteiger partial charge >= 0.3 is 6.03 Å². The summed E-state index contributed by atoms with van der Waals surface area (Å²) in [6, 6.07) is 8.75. The van der Waals surface area contributed by atoms with Crippen LogP contribution >= 0.6 is 0 Å². The summed E-state index contributed by atoms with van der Waals surface area (Å²) in [5, 5.41) is 3.25. The molecule has 6 nitrogen and oxygen atoms in total. The fourth-order valence-electron chi connectivity index (χ4n) is 4.41. The number of piperidine rings is 1. The zero-order valence-corrected chi connectivity index (χ0v) is 15.9. The SMILES string of the molecule is O=C(NC1CCN(C(=O)N2CCOCC2)CC1)[C@H]1CCc2ccccc2C1. The molecule has 2 aliphatic heterocycles. The van der Waals surface area contributed by atoms with Crippen LogP contribution in [0.1, 0.15) is 30.4 Å². The molecule has 0 radical (unpaired) electrons. The van der Waals surface area contributed by atoms with Gasteiger partial charge in [-0.15, -0.1) is 0 Å². The van der Waals surface area contributed by atoms with Gasteiger partial charge in [-0.1, -0.05) is 24.3 Å². The highest BCUT2D eigenvalue weighted by Gasteiger charge is 2.30. The number of urea groups is 1. The Hall–Kier alpha value is -2.08. The van der Waals surface area contributed by atoms with E-state index >= 15 is 0 Å². The molecule has 0 saturated carbocycles. The smallest absolute Gasteiger partial charge is 0.320 e. The number of carbonyl (C=O) groups is 2. The number of nitrogens with one attached hydrogen (secondary N) is 1. The Morgan fingerprint density at radius 1 is 0.926 bits per heavy atom. The molecule has 146 valence electrons. The van der Waals surface area contributed by atoms with E-state index in [1.54, 1.807) is 0 Å². The predicted molar refractivity (Wildman–Crippen MR) is 102 cm³/mol. The minimum Gasteiger partial charge on any atom is -0.378 e. The fourth-order valence-corrected chi connectivity index (χ4v) is 4.41. The zero-order chi connectivity index (χ0) is 18.6. The molecular formula is C21H29N3O3. The maximum absolute atomic E-state index is 12.7. The third-order valence-electron chi connectivity index (χ3n) is 6.11. The molecule has 3 amide bonds. The first-order valence-electron chi connectivity index (χ1n) is 10.2. The van der Waals surface area contributed by atoms with Crippen molar-refractivity contribution in [3.05, 3.63) is 35.4 Å². The maximum Gasteiger partial charge on any atom is 0.320 e. The highest BCUT2D eigenvalue weighted by molar-refractivity contribution is 5.80. The van der Waals surface area contributed by atoms with Gasteiger partial charge in [0.1, 0.15) is 0 Å². The number of hydrogen-bond acceptors (Lipinski definition) is 3. The number of hydrogen-bond donors (Lipinski definition) is 1. The number of amides is 3. The van der Waals surface area contributed by atoms with Gasteiger partial charge in [-0.05, 0) is 43.2 Å². The second-order valence-electron chi connectivity index (χ2n) is 7.86. The van der Waals surface area contributed by atoms with Crippen molar-refractivity contribution >= 4 is 11.9 Å². The number of aryl methyl sites for hydroxylation is 1. The summed E-state index contributed by atoms with van der Waals surface area (Å²) in [6.45, 7) is 4.05. The monoisotopic (exact) mass is 371 g/mol. The third kappa shape index (κ3) is 4.26. The maximum atomic E-state index is 12.7. The van der Waals surface area contributed by atoms with Crippen molar-refractivity contribution in [2.45, 2.75) is 38.1 Å². The van der Waals surface area contributed by atoms with Gasteiger partial charge in [-0.3, -0.25) is 4.79 Å². The number of benzene rings is 1. The standard InChI is InChI=1S/C21H29N3O3/c25-20(18-6-5-16-3-1-2-4-17(16)15-18)22-19-7-9-23(10-8-19)21(26)24-11-13-27-14-12-24/h1-4,18-19H,5-15H2,(H,22,25)/t18-/m0/s1. The topological polar surface area (TPSA) is 61.9 Å². The summed E-state index contributed by atoms with van der Waals surface area (Å²) >= 11 is 0. The van der Waals surface area contributed by atoms with Gasteiger partial charge in [0.2, 0.25) is 5.91 Å². The van der Waals surface area contributed by atoms with Crippen LogP contribution in [0.4, 0.5) is 4.79 Å². The number of carbonyl (C=O) groups excluding carboxylic acids is 2. The second kappa shape index (κ2) is 8.30. The fraction of sp³-hybridized carbons (Fsp3) is 0.619. The Balaban J connectivity index is 1.24. The summed E-state index contributed by atoms with van der Waals surface area (Å²) < 4.78 is 5.32. The van der Waals surface area contributed by atoms with E-state index in [-0.39, 0.29) is 23.9 Å². The van der Waals surface area contributed by atoms with Crippen LogP contribution in [0.2, 0.25) is 0 Å². The van der Waals surface area contributed by atoms with Crippen LogP contribution in [0.25, 0.3) is 0 Å². The second-order valence-corrected chi connectivity index (χ2v) is 7.86. The van der Waals surface area contributed by atoms with E-state index in [0.29, 0.717) is 39.4 Å². The molecule has 2 fully saturated rings. The van der Waals surface area contributed by atoms with Gasteiger partial charge in [-0.2, -0.15) is 0 Å². The Morgan fingerprint density at radius 2 is 1.59 bits per heavy atom. The average Bonchev–Trinajstić information content (AvgIpc) is 2.74.